The van der Waals surface area contributed by atoms with Crippen molar-refractivity contribution in [3.63, 3.8) is 0 Å². The second kappa shape index (κ2) is 4.49. The van der Waals surface area contributed by atoms with E-state index < -0.39 is 22.0 Å². The second-order valence-electron chi connectivity index (χ2n) is 4.06. The predicted octanol–water partition coefficient (Wildman–Crippen LogP) is 0.567. The third kappa shape index (κ3) is 3.17. The molecule has 0 spiro atoms. The molecule has 15 heavy (non-hydrogen) atoms. The lowest BCUT2D eigenvalue weighted by molar-refractivity contribution is -0.140. The van der Waals surface area contributed by atoms with Crippen molar-refractivity contribution in [3.05, 3.63) is 0 Å². The van der Waals surface area contributed by atoms with E-state index in [1.807, 2.05) is 6.92 Å². The summed E-state index contributed by atoms with van der Waals surface area (Å²) < 4.78 is 25.4. The highest BCUT2D eigenvalue weighted by Crippen LogP contribution is 2.28. The zero-order valence-electron chi connectivity index (χ0n) is 8.93. The van der Waals surface area contributed by atoms with Crippen molar-refractivity contribution in [1.29, 1.82) is 0 Å². The molecule has 5 nitrogen and oxygen atoms in total. The van der Waals surface area contributed by atoms with Gasteiger partial charge in [-0.2, -0.15) is 0 Å². The van der Waals surface area contributed by atoms with E-state index in [9.17, 15) is 13.2 Å². The van der Waals surface area contributed by atoms with E-state index >= 15 is 0 Å². The van der Waals surface area contributed by atoms with Crippen LogP contribution in [0.5, 0.6) is 0 Å². The van der Waals surface area contributed by atoms with E-state index in [-0.39, 0.29) is 11.2 Å². The minimum absolute atomic E-state index is 0.198. The van der Waals surface area contributed by atoms with E-state index in [0.717, 1.165) is 0 Å². The van der Waals surface area contributed by atoms with Gasteiger partial charge >= 0.3 is 5.97 Å². The van der Waals surface area contributed by atoms with Gasteiger partial charge < -0.3 is 5.11 Å². The Morgan fingerprint density at radius 3 is 2.40 bits per heavy atom. The maximum atomic E-state index is 11.6. The van der Waals surface area contributed by atoms with Gasteiger partial charge in [-0.05, 0) is 18.8 Å². The molecule has 2 N–H and O–H groups in total. The molecular weight excluding hydrogens is 218 g/mol. The van der Waals surface area contributed by atoms with Crippen LogP contribution in [0.3, 0.4) is 0 Å². The topological polar surface area (TPSA) is 83.5 Å². The summed E-state index contributed by atoms with van der Waals surface area (Å²) in [5.74, 6) is -1.30. The maximum absolute atomic E-state index is 11.6. The van der Waals surface area contributed by atoms with Gasteiger partial charge in [-0.3, -0.25) is 4.79 Å². The normalized spacial score (nSPS) is 20.9. The number of carboxylic acid groups (broad SMARTS) is 1. The molecule has 0 amide bonds. The van der Waals surface area contributed by atoms with Gasteiger partial charge in [0, 0.05) is 0 Å². The average Bonchev–Trinajstić information content (AvgIpc) is 2.95. The maximum Gasteiger partial charge on any atom is 0.322 e. The zero-order chi connectivity index (χ0) is 11.6. The number of rotatable bonds is 6. The molecule has 0 aromatic rings. The summed E-state index contributed by atoms with van der Waals surface area (Å²) in [6, 6.07) is -0.999. The molecule has 0 bridgehead atoms. The van der Waals surface area contributed by atoms with Crippen LogP contribution in [0, 0.1) is 5.92 Å². The lowest BCUT2D eigenvalue weighted by Crippen LogP contribution is -2.46. The first-order valence-corrected chi connectivity index (χ1v) is 6.67. The fourth-order valence-corrected chi connectivity index (χ4v) is 2.93. The lowest BCUT2D eigenvalue weighted by atomic mass is 10.0. The highest BCUT2D eigenvalue weighted by Gasteiger charge is 2.39. The number of nitrogens with one attached hydrogen (secondary N) is 1. The fraction of sp³-hybridized carbons (Fsp3) is 0.889. The van der Waals surface area contributed by atoms with Crippen LogP contribution < -0.4 is 4.72 Å². The molecule has 0 heterocycles. The third-order valence-corrected chi connectivity index (χ3v) is 4.67. The van der Waals surface area contributed by atoms with E-state index in [0.29, 0.717) is 19.3 Å². The minimum atomic E-state index is -3.42. The lowest BCUT2D eigenvalue weighted by Gasteiger charge is -2.19. The van der Waals surface area contributed by atoms with Gasteiger partial charge in [0.1, 0.15) is 6.04 Å². The van der Waals surface area contributed by atoms with Gasteiger partial charge in [0.2, 0.25) is 10.0 Å². The minimum Gasteiger partial charge on any atom is -0.480 e. The molecule has 1 unspecified atom stereocenters. The quantitative estimate of drug-likeness (QED) is 0.705. The number of carbonyl (C=O) groups is 1. The van der Waals surface area contributed by atoms with Gasteiger partial charge in [-0.1, -0.05) is 20.3 Å². The molecule has 1 aliphatic carbocycles. The Hall–Kier alpha value is -0.620. The van der Waals surface area contributed by atoms with Crippen molar-refractivity contribution in [2.24, 2.45) is 5.92 Å². The summed E-state index contributed by atoms with van der Waals surface area (Å²) in [5.41, 5.74) is 0. The van der Waals surface area contributed by atoms with Gasteiger partial charge in [-0.25, -0.2) is 13.1 Å². The smallest absolute Gasteiger partial charge is 0.322 e. The summed E-state index contributed by atoms with van der Waals surface area (Å²) >= 11 is 0. The molecule has 88 valence electrons. The largest absolute Gasteiger partial charge is 0.480 e. The Kier molecular flexibility index (Phi) is 3.72. The van der Waals surface area contributed by atoms with Crippen molar-refractivity contribution in [1.82, 2.24) is 4.72 Å². The molecule has 1 rings (SSSR count). The number of hydrogen-bond donors (Lipinski definition) is 2. The Morgan fingerprint density at radius 2 is 2.07 bits per heavy atom. The molecule has 0 aliphatic heterocycles. The highest BCUT2D eigenvalue weighted by molar-refractivity contribution is 7.90. The van der Waals surface area contributed by atoms with Crippen LogP contribution in [0.15, 0.2) is 0 Å². The summed E-state index contributed by atoms with van der Waals surface area (Å²) in [5, 5.41) is 8.54. The molecule has 0 saturated heterocycles. The van der Waals surface area contributed by atoms with Crippen molar-refractivity contribution in [2.75, 3.05) is 0 Å². The molecule has 1 saturated carbocycles. The number of hydrogen-bond acceptors (Lipinski definition) is 3. The Bertz CT molecular complexity index is 334. The van der Waals surface area contributed by atoms with Crippen LogP contribution in [0.2, 0.25) is 0 Å². The van der Waals surface area contributed by atoms with Crippen molar-refractivity contribution >= 4 is 16.0 Å². The van der Waals surface area contributed by atoms with E-state index in [1.54, 1.807) is 6.92 Å². The van der Waals surface area contributed by atoms with Crippen molar-refractivity contribution in [2.45, 2.75) is 44.4 Å². The van der Waals surface area contributed by atoms with Crippen LogP contribution in [0.25, 0.3) is 0 Å². The van der Waals surface area contributed by atoms with Gasteiger partial charge in [0.15, 0.2) is 0 Å². The molecular formula is C9H17NO4S. The van der Waals surface area contributed by atoms with Crippen LogP contribution in [0.4, 0.5) is 0 Å². The van der Waals surface area contributed by atoms with Crippen LogP contribution >= 0.6 is 0 Å². The standard InChI is InChI=1S/C9H17NO4S/c1-3-6(2)8(9(11)12)10-15(13,14)7-4-5-7/h6-8,10H,3-5H2,1-2H3,(H,11,12)/t6?,8-/m0/s1. The highest BCUT2D eigenvalue weighted by atomic mass is 32.2. The molecule has 2 atom stereocenters. The van der Waals surface area contributed by atoms with Crippen molar-refractivity contribution in [3.8, 4) is 0 Å². The first-order chi connectivity index (χ1) is 6.88. The Balaban J connectivity index is 2.70. The van der Waals surface area contributed by atoms with E-state index in [1.165, 1.54) is 0 Å². The predicted molar refractivity (Wildman–Crippen MR) is 56.0 cm³/mol. The Morgan fingerprint density at radius 1 is 1.53 bits per heavy atom. The molecule has 1 aliphatic rings. The SMILES string of the molecule is CCC(C)[C@H](NS(=O)(=O)C1CC1)C(=O)O. The van der Waals surface area contributed by atoms with Crippen LogP contribution in [0.1, 0.15) is 33.1 Å². The van der Waals surface area contributed by atoms with Gasteiger partial charge in [-0.15, -0.1) is 0 Å². The van der Waals surface area contributed by atoms with Crippen LogP contribution in [-0.4, -0.2) is 30.8 Å². The van der Waals surface area contributed by atoms with E-state index in [4.69, 9.17) is 5.11 Å². The van der Waals surface area contributed by atoms with Gasteiger partial charge in [0.25, 0.3) is 0 Å². The Labute approximate surface area is 89.9 Å². The van der Waals surface area contributed by atoms with Crippen molar-refractivity contribution < 1.29 is 18.3 Å². The second-order valence-corrected chi connectivity index (χ2v) is 6.06. The zero-order valence-corrected chi connectivity index (χ0v) is 9.75. The van der Waals surface area contributed by atoms with E-state index in [2.05, 4.69) is 4.72 Å². The first kappa shape index (κ1) is 12.4. The number of sulfonamides is 1. The monoisotopic (exact) mass is 235 g/mol. The summed E-state index contributed by atoms with van der Waals surface area (Å²) in [6.45, 7) is 3.57. The number of carboxylic acids is 1. The summed E-state index contributed by atoms with van der Waals surface area (Å²) in [7, 11) is -3.42. The average molecular weight is 235 g/mol. The first-order valence-electron chi connectivity index (χ1n) is 5.12. The summed E-state index contributed by atoms with van der Waals surface area (Å²) in [6.07, 6.45) is 1.91. The third-order valence-electron chi connectivity index (χ3n) is 2.73. The molecule has 0 radical (unpaired) electrons. The molecule has 6 heteroatoms. The molecule has 0 aromatic heterocycles. The number of aliphatic carboxylic acids is 1. The summed E-state index contributed by atoms with van der Waals surface area (Å²) in [4.78, 5) is 10.9. The van der Waals surface area contributed by atoms with Gasteiger partial charge in [0.05, 0.1) is 5.25 Å². The molecule has 1 fully saturated rings. The fourth-order valence-electron chi connectivity index (χ4n) is 1.30. The molecule has 0 aromatic carbocycles. The van der Waals surface area contributed by atoms with Crippen LogP contribution in [-0.2, 0) is 14.8 Å².